The number of nitrogens with one attached hydrogen (secondary N) is 2. The molecule has 2 N–H and O–H groups in total. The van der Waals surface area contributed by atoms with Gasteiger partial charge in [-0.15, -0.1) is 0 Å². The average Bonchev–Trinajstić information content (AvgIpc) is 2.47. The molecule has 20 heavy (non-hydrogen) atoms. The lowest BCUT2D eigenvalue weighted by Gasteiger charge is -2.23. The first kappa shape index (κ1) is 15.5. The molecule has 1 aliphatic heterocycles. The lowest BCUT2D eigenvalue weighted by Crippen LogP contribution is -2.34. The summed E-state index contributed by atoms with van der Waals surface area (Å²) in [6.07, 6.45) is 2.44. The predicted molar refractivity (Wildman–Crippen MR) is 83.1 cm³/mol. The number of carbonyl (C=O) groups excluding carboxylic acids is 1. The number of hydrogen-bond donors (Lipinski definition) is 2. The fourth-order valence-electron chi connectivity index (χ4n) is 2.29. The third kappa shape index (κ3) is 4.58. The molecule has 0 radical (unpaired) electrons. The van der Waals surface area contributed by atoms with Crippen molar-refractivity contribution < 1.29 is 9.53 Å². The van der Waals surface area contributed by atoms with Gasteiger partial charge in [-0.25, -0.2) is 0 Å². The van der Waals surface area contributed by atoms with Gasteiger partial charge < -0.3 is 15.4 Å². The van der Waals surface area contributed by atoms with Gasteiger partial charge in [-0.3, -0.25) is 4.79 Å². The van der Waals surface area contributed by atoms with E-state index in [1.54, 1.807) is 0 Å². The van der Waals surface area contributed by atoms with Crippen LogP contribution >= 0.6 is 15.9 Å². The molecule has 1 saturated heterocycles. The Morgan fingerprint density at radius 2 is 2.20 bits per heavy atom. The van der Waals surface area contributed by atoms with Gasteiger partial charge >= 0.3 is 0 Å². The van der Waals surface area contributed by atoms with Crippen molar-refractivity contribution in [3.8, 4) is 0 Å². The molecule has 110 valence electrons. The second-order valence-electron chi connectivity index (χ2n) is 5.04. The van der Waals surface area contributed by atoms with Gasteiger partial charge in [0.05, 0.1) is 12.7 Å². The van der Waals surface area contributed by atoms with E-state index >= 15 is 0 Å². The molecule has 5 heteroatoms. The van der Waals surface area contributed by atoms with Gasteiger partial charge in [0.2, 0.25) is 0 Å². The molecule has 1 aromatic carbocycles. The van der Waals surface area contributed by atoms with Crippen molar-refractivity contribution in [3.05, 3.63) is 33.8 Å². The van der Waals surface area contributed by atoms with Crippen molar-refractivity contribution in [2.45, 2.75) is 25.9 Å². The Morgan fingerprint density at radius 3 is 2.95 bits per heavy atom. The molecule has 1 heterocycles. The Hall–Kier alpha value is -0.910. The monoisotopic (exact) mass is 340 g/mol. The zero-order valence-corrected chi connectivity index (χ0v) is 13.3. The minimum atomic E-state index is -0.0438. The van der Waals surface area contributed by atoms with Gasteiger partial charge in [0.25, 0.3) is 5.91 Å². The summed E-state index contributed by atoms with van der Waals surface area (Å²) >= 11 is 3.39. The van der Waals surface area contributed by atoms with E-state index in [0.29, 0.717) is 24.8 Å². The van der Waals surface area contributed by atoms with E-state index in [0.717, 1.165) is 36.0 Å². The van der Waals surface area contributed by atoms with Crippen LogP contribution in [0.2, 0.25) is 0 Å². The summed E-state index contributed by atoms with van der Waals surface area (Å²) < 4.78 is 6.68. The number of halogens is 1. The second-order valence-corrected chi connectivity index (χ2v) is 5.95. The van der Waals surface area contributed by atoms with E-state index in [1.165, 1.54) is 0 Å². The van der Waals surface area contributed by atoms with Crippen molar-refractivity contribution in [3.63, 3.8) is 0 Å². The van der Waals surface area contributed by atoms with Crippen LogP contribution in [0, 0.1) is 6.92 Å². The Balaban J connectivity index is 1.73. The van der Waals surface area contributed by atoms with E-state index in [4.69, 9.17) is 4.74 Å². The van der Waals surface area contributed by atoms with Gasteiger partial charge in [-0.05, 0) is 50.6 Å². The van der Waals surface area contributed by atoms with Crippen LogP contribution in [0.5, 0.6) is 0 Å². The van der Waals surface area contributed by atoms with Crippen molar-refractivity contribution in [2.75, 3.05) is 26.2 Å². The molecule has 1 aromatic rings. The number of aryl methyl sites for hydroxylation is 1. The smallest absolute Gasteiger partial charge is 0.251 e. The topological polar surface area (TPSA) is 50.4 Å². The number of ether oxygens (including phenoxy) is 1. The van der Waals surface area contributed by atoms with Gasteiger partial charge in [-0.1, -0.05) is 22.0 Å². The molecule has 1 fully saturated rings. The molecule has 0 bridgehead atoms. The predicted octanol–water partition coefficient (Wildman–Crippen LogP) is 2.26. The van der Waals surface area contributed by atoms with Crippen molar-refractivity contribution in [1.29, 1.82) is 0 Å². The average molecular weight is 341 g/mol. The number of hydrogen-bond acceptors (Lipinski definition) is 3. The van der Waals surface area contributed by atoms with Gasteiger partial charge in [0.15, 0.2) is 0 Å². The van der Waals surface area contributed by atoms with Crippen LogP contribution in [0.15, 0.2) is 22.7 Å². The Labute approximate surface area is 128 Å². The molecule has 0 aromatic heterocycles. The molecule has 4 nitrogen and oxygen atoms in total. The van der Waals surface area contributed by atoms with E-state index in [2.05, 4.69) is 26.6 Å². The highest BCUT2D eigenvalue weighted by Crippen LogP contribution is 2.15. The van der Waals surface area contributed by atoms with Crippen LogP contribution in [-0.4, -0.2) is 38.3 Å². The fourth-order valence-corrected chi connectivity index (χ4v) is 2.65. The zero-order chi connectivity index (χ0) is 14.4. The van der Waals surface area contributed by atoms with Crippen LogP contribution < -0.4 is 10.6 Å². The summed E-state index contributed by atoms with van der Waals surface area (Å²) in [5, 5.41) is 6.21. The molecule has 2 rings (SSSR count). The first-order valence-electron chi connectivity index (χ1n) is 7.03. The van der Waals surface area contributed by atoms with Crippen LogP contribution in [0.1, 0.15) is 28.8 Å². The molecule has 0 spiro atoms. The summed E-state index contributed by atoms with van der Waals surface area (Å²) in [5.41, 5.74) is 1.69. The standard InChI is InChI=1S/C15H21BrN2O2/c1-11-2-3-12(16)10-14(11)15(19)18-8-9-20-13-4-6-17-7-5-13/h2-3,10,13,17H,4-9H2,1H3,(H,18,19). The highest BCUT2D eigenvalue weighted by Gasteiger charge is 2.13. The summed E-state index contributed by atoms with van der Waals surface area (Å²) in [7, 11) is 0. The minimum absolute atomic E-state index is 0.0438. The van der Waals surface area contributed by atoms with Crippen LogP contribution in [0.25, 0.3) is 0 Å². The Morgan fingerprint density at radius 1 is 1.45 bits per heavy atom. The van der Waals surface area contributed by atoms with E-state index in [1.807, 2.05) is 25.1 Å². The maximum atomic E-state index is 12.1. The highest BCUT2D eigenvalue weighted by atomic mass is 79.9. The Kier molecular flexibility index (Phi) is 6.01. The Bertz CT molecular complexity index is 459. The van der Waals surface area contributed by atoms with E-state index in [-0.39, 0.29) is 5.91 Å². The number of piperidine rings is 1. The normalized spacial score (nSPS) is 16.1. The third-order valence-electron chi connectivity index (χ3n) is 3.47. The molecule has 1 aliphatic rings. The first-order chi connectivity index (χ1) is 9.66. The summed E-state index contributed by atoms with van der Waals surface area (Å²) in [4.78, 5) is 12.1. The third-order valence-corrected chi connectivity index (χ3v) is 3.96. The SMILES string of the molecule is Cc1ccc(Br)cc1C(=O)NCCOC1CCNCC1. The molecule has 0 saturated carbocycles. The molecule has 0 atom stereocenters. The van der Waals surface area contributed by atoms with Crippen LogP contribution in [0.4, 0.5) is 0 Å². The number of benzene rings is 1. The quantitative estimate of drug-likeness (QED) is 0.808. The van der Waals surface area contributed by atoms with Crippen molar-refractivity contribution >= 4 is 21.8 Å². The lowest BCUT2D eigenvalue weighted by molar-refractivity contribution is 0.0343. The molecule has 0 aliphatic carbocycles. The second kappa shape index (κ2) is 7.76. The molecular weight excluding hydrogens is 320 g/mol. The number of rotatable bonds is 5. The summed E-state index contributed by atoms with van der Waals surface area (Å²) in [5.74, 6) is -0.0438. The molecular formula is C15H21BrN2O2. The maximum Gasteiger partial charge on any atom is 0.251 e. The maximum absolute atomic E-state index is 12.1. The molecule has 0 unspecified atom stereocenters. The minimum Gasteiger partial charge on any atom is -0.376 e. The lowest BCUT2D eigenvalue weighted by atomic mass is 10.1. The summed E-state index contributed by atoms with van der Waals surface area (Å²) in [6.45, 7) is 5.10. The van der Waals surface area contributed by atoms with Crippen LogP contribution in [-0.2, 0) is 4.74 Å². The number of amides is 1. The van der Waals surface area contributed by atoms with Crippen molar-refractivity contribution in [2.24, 2.45) is 0 Å². The highest BCUT2D eigenvalue weighted by molar-refractivity contribution is 9.10. The largest absolute Gasteiger partial charge is 0.376 e. The zero-order valence-electron chi connectivity index (χ0n) is 11.7. The van der Waals surface area contributed by atoms with E-state index in [9.17, 15) is 4.79 Å². The first-order valence-corrected chi connectivity index (χ1v) is 7.83. The van der Waals surface area contributed by atoms with Gasteiger partial charge in [0.1, 0.15) is 0 Å². The van der Waals surface area contributed by atoms with Crippen molar-refractivity contribution in [1.82, 2.24) is 10.6 Å². The van der Waals surface area contributed by atoms with Gasteiger partial charge in [-0.2, -0.15) is 0 Å². The fraction of sp³-hybridized carbons (Fsp3) is 0.533. The molecule has 1 amide bonds. The number of carbonyl (C=O) groups is 1. The van der Waals surface area contributed by atoms with Crippen LogP contribution in [0.3, 0.4) is 0 Å². The van der Waals surface area contributed by atoms with Gasteiger partial charge in [0, 0.05) is 16.6 Å². The summed E-state index contributed by atoms with van der Waals surface area (Å²) in [6, 6.07) is 5.72. The van der Waals surface area contributed by atoms with E-state index < -0.39 is 0 Å².